The minimum absolute atomic E-state index is 0.261. The molecule has 0 fully saturated rings. The molecule has 0 spiro atoms. The Balaban J connectivity index is 1.95. The monoisotopic (exact) mass is 343 g/mol. The van der Waals surface area contributed by atoms with E-state index in [0.717, 1.165) is 11.1 Å². The summed E-state index contributed by atoms with van der Waals surface area (Å²) >= 11 is 0. The summed E-state index contributed by atoms with van der Waals surface area (Å²) in [5.74, 6) is -0.481. The largest absolute Gasteiger partial charge is 0.489 e. The molecule has 1 amide bonds. The Morgan fingerprint density at radius 3 is 2.32 bits per heavy atom. The van der Waals surface area contributed by atoms with Gasteiger partial charge in [-0.25, -0.2) is 4.79 Å². The third-order valence-corrected chi connectivity index (χ3v) is 3.58. The van der Waals surface area contributed by atoms with Crippen molar-refractivity contribution in [3.8, 4) is 5.75 Å². The number of carbonyl (C=O) groups is 2. The van der Waals surface area contributed by atoms with Gasteiger partial charge < -0.3 is 19.9 Å². The smallest absolute Gasteiger partial charge is 0.328 e. The molecule has 2 rings (SSSR count). The molecule has 132 valence electrons. The van der Waals surface area contributed by atoms with E-state index in [0.29, 0.717) is 12.4 Å². The summed E-state index contributed by atoms with van der Waals surface area (Å²) in [4.78, 5) is 23.1. The predicted octanol–water partition coefficient (Wildman–Crippen LogP) is 1.46. The average molecular weight is 343 g/mol. The molecule has 25 heavy (non-hydrogen) atoms. The number of amides is 1. The number of aliphatic hydroxyl groups is 1. The van der Waals surface area contributed by atoms with E-state index >= 15 is 0 Å². The molecule has 6 nitrogen and oxygen atoms in total. The van der Waals surface area contributed by atoms with Gasteiger partial charge in [0.25, 0.3) is 0 Å². The van der Waals surface area contributed by atoms with E-state index in [1.165, 1.54) is 7.11 Å². The molecule has 0 aliphatic rings. The minimum atomic E-state index is -0.847. The second-order valence-corrected chi connectivity index (χ2v) is 5.42. The zero-order valence-corrected chi connectivity index (χ0v) is 14.0. The van der Waals surface area contributed by atoms with Crippen molar-refractivity contribution in [2.24, 2.45) is 0 Å². The van der Waals surface area contributed by atoms with Gasteiger partial charge in [0, 0.05) is 6.42 Å². The Labute approximate surface area is 146 Å². The van der Waals surface area contributed by atoms with E-state index < -0.39 is 24.5 Å². The van der Waals surface area contributed by atoms with E-state index in [-0.39, 0.29) is 6.42 Å². The van der Waals surface area contributed by atoms with Gasteiger partial charge in [0.05, 0.1) is 7.11 Å². The average Bonchev–Trinajstić information content (AvgIpc) is 2.66. The molecule has 2 aromatic rings. The Morgan fingerprint density at radius 1 is 1.04 bits per heavy atom. The number of esters is 1. The highest BCUT2D eigenvalue weighted by atomic mass is 16.5. The van der Waals surface area contributed by atoms with Crippen molar-refractivity contribution in [1.29, 1.82) is 0 Å². The number of aliphatic hydroxyl groups excluding tert-OH is 1. The Bertz CT molecular complexity index is 685. The summed E-state index contributed by atoms with van der Waals surface area (Å²) in [6.07, 6.45) is 0.261. The van der Waals surface area contributed by atoms with E-state index in [1.807, 2.05) is 42.5 Å². The molecule has 1 atom stereocenters. The van der Waals surface area contributed by atoms with E-state index in [9.17, 15) is 9.59 Å². The van der Waals surface area contributed by atoms with Gasteiger partial charge in [0.15, 0.2) is 0 Å². The summed E-state index contributed by atoms with van der Waals surface area (Å²) in [6, 6.07) is 16.2. The van der Waals surface area contributed by atoms with Crippen LogP contribution in [0.2, 0.25) is 0 Å². The molecular formula is C19H21NO5. The van der Waals surface area contributed by atoms with E-state index in [4.69, 9.17) is 9.84 Å². The number of hydrogen-bond donors (Lipinski definition) is 2. The van der Waals surface area contributed by atoms with Gasteiger partial charge in [-0.05, 0) is 23.3 Å². The van der Waals surface area contributed by atoms with Crippen LogP contribution in [0.3, 0.4) is 0 Å². The first-order valence-electron chi connectivity index (χ1n) is 7.86. The quantitative estimate of drug-likeness (QED) is 0.709. The van der Waals surface area contributed by atoms with Crippen molar-refractivity contribution in [3.05, 3.63) is 65.7 Å². The number of hydrogen-bond acceptors (Lipinski definition) is 5. The molecule has 0 aromatic heterocycles. The SMILES string of the molecule is COC(=O)[C@H](Cc1ccc(OCc2ccccc2)cc1)NC(=O)CO. The first-order valence-corrected chi connectivity index (χ1v) is 7.86. The van der Waals surface area contributed by atoms with Crippen molar-refractivity contribution in [2.75, 3.05) is 13.7 Å². The molecule has 0 radical (unpaired) electrons. The summed E-state index contributed by atoms with van der Waals surface area (Å²) in [6.45, 7) is -0.211. The van der Waals surface area contributed by atoms with Crippen LogP contribution in [0.5, 0.6) is 5.75 Å². The third-order valence-electron chi connectivity index (χ3n) is 3.58. The first kappa shape index (κ1) is 18.5. The highest BCUT2D eigenvalue weighted by Crippen LogP contribution is 2.15. The van der Waals surface area contributed by atoms with Crippen LogP contribution in [0.25, 0.3) is 0 Å². The van der Waals surface area contributed by atoms with E-state index in [2.05, 4.69) is 10.1 Å². The van der Waals surface area contributed by atoms with Gasteiger partial charge in [0.2, 0.25) is 5.91 Å². The number of nitrogens with one attached hydrogen (secondary N) is 1. The summed E-state index contributed by atoms with van der Waals surface area (Å²) in [5.41, 5.74) is 1.91. The van der Waals surface area contributed by atoms with Gasteiger partial charge in [0.1, 0.15) is 25.0 Å². The number of ether oxygens (including phenoxy) is 2. The third kappa shape index (κ3) is 5.93. The maximum absolute atomic E-state index is 11.8. The molecule has 2 N–H and O–H groups in total. The summed E-state index contributed by atoms with van der Waals surface area (Å²) in [5, 5.41) is 11.2. The lowest BCUT2D eigenvalue weighted by molar-refractivity contribution is -0.145. The second-order valence-electron chi connectivity index (χ2n) is 5.42. The maximum Gasteiger partial charge on any atom is 0.328 e. The van der Waals surface area contributed by atoms with Crippen LogP contribution in [-0.2, 0) is 27.4 Å². The lowest BCUT2D eigenvalue weighted by Crippen LogP contribution is -2.44. The fraction of sp³-hybridized carbons (Fsp3) is 0.263. The Kier molecular flexibility index (Phi) is 6.98. The number of methoxy groups -OCH3 is 1. The molecule has 0 bridgehead atoms. The molecule has 2 aromatic carbocycles. The zero-order chi connectivity index (χ0) is 18.1. The van der Waals surface area contributed by atoms with Gasteiger partial charge >= 0.3 is 5.97 Å². The number of benzene rings is 2. The van der Waals surface area contributed by atoms with Crippen LogP contribution in [0.4, 0.5) is 0 Å². The lowest BCUT2D eigenvalue weighted by Gasteiger charge is -2.16. The van der Waals surface area contributed by atoms with Crippen LogP contribution in [-0.4, -0.2) is 36.7 Å². The van der Waals surface area contributed by atoms with Crippen LogP contribution in [0.15, 0.2) is 54.6 Å². The zero-order valence-electron chi connectivity index (χ0n) is 14.0. The second kappa shape index (κ2) is 9.44. The Morgan fingerprint density at radius 2 is 1.72 bits per heavy atom. The topological polar surface area (TPSA) is 84.9 Å². The van der Waals surface area contributed by atoms with Crippen molar-refractivity contribution >= 4 is 11.9 Å². The molecule has 0 unspecified atom stereocenters. The highest BCUT2D eigenvalue weighted by Gasteiger charge is 2.21. The van der Waals surface area contributed by atoms with Crippen LogP contribution in [0.1, 0.15) is 11.1 Å². The first-order chi connectivity index (χ1) is 12.1. The fourth-order valence-electron chi connectivity index (χ4n) is 2.27. The van der Waals surface area contributed by atoms with Gasteiger partial charge in [-0.1, -0.05) is 42.5 Å². The number of rotatable bonds is 8. The number of carbonyl (C=O) groups excluding carboxylic acids is 2. The standard InChI is InChI=1S/C19H21NO5/c1-24-19(23)17(20-18(22)12-21)11-14-7-9-16(10-8-14)25-13-15-5-3-2-4-6-15/h2-10,17,21H,11-13H2,1H3,(H,20,22)/t17-/m0/s1. The fourth-order valence-corrected chi connectivity index (χ4v) is 2.27. The maximum atomic E-state index is 11.8. The van der Waals surface area contributed by atoms with Crippen molar-refractivity contribution in [3.63, 3.8) is 0 Å². The van der Waals surface area contributed by atoms with Crippen LogP contribution < -0.4 is 10.1 Å². The van der Waals surface area contributed by atoms with Crippen LogP contribution >= 0.6 is 0 Å². The molecule has 0 saturated heterocycles. The van der Waals surface area contributed by atoms with Crippen LogP contribution in [0, 0.1) is 0 Å². The molecule has 0 aliphatic carbocycles. The molecular weight excluding hydrogens is 322 g/mol. The molecule has 6 heteroatoms. The minimum Gasteiger partial charge on any atom is -0.489 e. The van der Waals surface area contributed by atoms with Crippen molar-refractivity contribution in [2.45, 2.75) is 19.1 Å². The summed E-state index contributed by atoms with van der Waals surface area (Å²) < 4.78 is 10.4. The normalized spacial score (nSPS) is 11.4. The summed E-state index contributed by atoms with van der Waals surface area (Å²) in [7, 11) is 1.25. The lowest BCUT2D eigenvalue weighted by atomic mass is 10.1. The molecule has 0 aliphatic heterocycles. The molecule has 0 heterocycles. The van der Waals surface area contributed by atoms with Crippen molar-refractivity contribution in [1.82, 2.24) is 5.32 Å². The predicted molar refractivity (Wildman–Crippen MR) is 92.0 cm³/mol. The molecule has 0 saturated carbocycles. The van der Waals surface area contributed by atoms with Gasteiger partial charge in [-0.2, -0.15) is 0 Å². The van der Waals surface area contributed by atoms with Gasteiger partial charge in [-0.15, -0.1) is 0 Å². The van der Waals surface area contributed by atoms with E-state index in [1.54, 1.807) is 12.1 Å². The Hall–Kier alpha value is -2.86. The van der Waals surface area contributed by atoms with Crippen molar-refractivity contribution < 1.29 is 24.2 Å². The highest BCUT2D eigenvalue weighted by molar-refractivity contribution is 5.85. The van der Waals surface area contributed by atoms with Gasteiger partial charge in [-0.3, -0.25) is 4.79 Å².